The number of fused-ring (bicyclic) bond motifs is 3. The summed E-state index contributed by atoms with van der Waals surface area (Å²) in [6.45, 7) is 8.65. The first-order valence-corrected chi connectivity index (χ1v) is 15.9. The first-order valence-electron chi connectivity index (χ1n) is 14.1. The maximum Gasteiger partial charge on any atom is 0.267 e. The zero-order valence-electron chi connectivity index (χ0n) is 23.7. The number of aryl methyl sites for hydroxylation is 2. The minimum absolute atomic E-state index is 0.0678. The van der Waals surface area contributed by atoms with Crippen molar-refractivity contribution >= 4 is 51.1 Å². The Balaban J connectivity index is 1.35. The van der Waals surface area contributed by atoms with E-state index in [-0.39, 0.29) is 17.2 Å². The second-order valence-electron chi connectivity index (χ2n) is 9.70. The van der Waals surface area contributed by atoms with Crippen molar-refractivity contribution in [3.63, 3.8) is 0 Å². The molecule has 1 aliphatic rings. The van der Waals surface area contributed by atoms with Gasteiger partial charge in [-0.15, -0.1) is 11.3 Å². The summed E-state index contributed by atoms with van der Waals surface area (Å²) < 4.78 is 7.21. The summed E-state index contributed by atoms with van der Waals surface area (Å²) in [6, 6.07) is 15.5. The highest BCUT2D eigenvalue weighted by atomic mass is 32.2. The summed E-state index contributed by atoms with van der Waals surface area (Å²) in [5, 5.41) is 5.33. The Labute approximate surface area is 248 Å². The molecule has 2 heterocycles. The summed E-state index contributed by atoms with van der Waals surface area (Å²) in [7, 11) is 0. The molecule has 214 valence electrons. The Morgan fingerprint density at radius 2 is 1.83 bits per heavy atom. The maximum absolute atomic E-state index is 13.9. The average Bonchev–Trinajstić information content (AvgIpc) is 3.37. The van der Waals surface area contributed by atoms with Gasteiger partial charge >= 0.3 is 0 Å². The molecule has 5 rings (SSSR count). The molecule has 0 saturated carbocycles. The van der Waals surface area contributed by atoms with Crippen LogP contribution in [-0.4, -0.2) is 47.1 Å². The van der Waals surface area contributed by atoms with Gasteiger partial charge in [0, 0.05) is 23.7 Å². The van der Waals surface area contributed by atoms with E-state index in [2.05, 4.69) is 41.4 Å². The second kappa shape index (κ2) is 13.4. The number of carbonyl (C=O) groups excluding carboxylic acids is 1. The van der Waals surface area contributed by atoms with Crippen molar-refractivity contribution in [3.05, 3.63) is 74.9 Å². The third-order valence-electron chi connectivity index (χ3n) is 7.12. The monoisotopic (exact) mass is 589 g/mol. The number of thiophene rings is 1. The Hall–Kier alpha value is -3.63. The lowest BCUT2D eigenvalue weighted by molar-refractivity contribution is -0.118. The van der Waals surface area contributed by atoms with E-state index < -0.39 is 0 Å². The first kappa shape index (κ1) is 28.9. The number of amides is 1. The summed E-state index contributed by atoms with van der Waals surface area (Å²) in [4.78, 5) is 35.8. The van der Waals surface area contributed by atoms with Crippen LogP contribution in [0.1, 0.15) is 49.6 Å². The fraction of sp³-hybridized carbons (Fsp3) is 0.355. The van der Waals surface area contributed by atoms with E-state index in [1.54, 1.807) is 22.1 Å². The number of hydrazone groups is 1. The number of hydrogen-bond donors (Lipinski definition) is 1. The number of carbonyl (C=O) groups is 1. The van der Waals surface area contributed by atoms with E-state index in [4.69, 9.17) is 9.72 Å². The highest BCUT2D eigenvalue weighted by Gasteiger charge is 2.23. The van der Waals surface area contributed by atoms with E-state index in [0.717, 1.165) is 66.2 Å². The number of anilines is 1. The number of rotatable bonds is 11. The first-order chi connectivity index (χ1) is 20.0. The van der Waals surface area contributed by atoms with Crippen LogP contribution in [0.25, 0.3) is 15.9 Å². The minimum Gasteiger partial charge on any atom is -0.494 e. The summed E-state index contributed by atoms with van der Waals surface area (Å²) in [6.07, 6.45) is 5.74. The number of nitrogens with one attached hydrogen (secondary N) is 1. The molecule has 1 aliphatic carbocycles. The fourth-order valence-electron chi connectivity index (χ4n) is 5.07. The van der Waals surface area contributed by atoms with Crippen molar-refractivity contribution in [2.75, 3.05) is 30.3 Å². The molecular formula is C31H35N5O3S2. The van der Waals surface area contributed by atoms with E-state index in [9.17, 15) is 9.59 Å². The lowest BCUT2D eigenvalue weighted by Gasteiger charge is -2.20. The molecule has 2 aromatic carbocycles. The van der Waals surface area contributed by atoms with Crippen molar-refractivity contribution in [1.82, 2.24) is 15.0 Å². The van der Waals surface area contributed by atoms with Crippen molar-refractivity contribution in [1.29, 1.82) is 0 Å². The van der Waals surface area contributed by atoms with E-state index >= 15 is 0 Å². The Morgan fingerprint density at radius 3 is 2.54 bits per heavy atom. The minimum atomic E-state index is -0.274. The van der Waals surface area contributed by atoms with Crippen LogP contribution < -0.4 is 20.6 Å². The summed E-state index contributed by atoms with van der Waals surface area (Å²) in [5.41, 5.74) is 6.40. The van der Waals surface area contributed by atoms with Gasteiger partial charge in [-0.3, -0.25) is 14.2 Å². The standard InChI is InChI=1S/C31H35N5O3S2/c1-4-35(5-2)22-13-11-21(12-14-22)19-32-34-27(37)20-40-31-33-29-28(25-9-7-8-10-26(25)41-29)30(38)36(31)23-15-17-24(18-16-23)39-6-3/h11-19H,4-10,20H2,1-3H3,(H,34,37). The van der Waals surface area contributed by atoms with Crippen LogP contribution in [0.15, 0.2) is 63.6 Å². The molecule has 0 saturated heterocycles. The number of hydrogen-bond acceptors (Lipinski definition) is 8. The predicted octanol–water partition coefficient (Wildman–Crippen LogP) is 5.81. The molecule has 0 fully saturated rings. The van der Waals surface area contributed by atoms with Gasteiger partial charge in [0.1, 0.15) is 10.6 Å². The molecule has 0 bridgehead atoms. The van der Waals surface area contributed by atoms with Crippen LogP contribution in [0.3, 0.4) is 0 Å². The Bertz CT molecular complexity index is 1590. The molecule has 0 unspecified atom stereocenters. The van der Waals surface area contributed by atoms with Crippen LogP contribution in [0.2, 0.25) is 0 Å². The van der Waals surface area contributed by atoms with Gasteiger partial charge < -0.3 is 9.64 Å². The molecule has 0 radical (unpaired) electrons. The van der Waals surface area contributed by atoms with Crippen LogP contribution in [0, 0.1) is 0 Å². The van der Waals surface area contributed by atoms with Crippen molar-refractivity contribution < 1.29 is 9.53 Å². The third kappa shape index (κ3) is 6.49. The zero-order valence-corrected chi connectivity index (χ0v) is 25.3. The van der Waals surface area contributed by atoms with Gasteiger partial charge in [-0.2, -0.15) is 5.10 Å². The van der Waals surface area contributed by atoms with Crippen LogP contribution in [-0.2, 0) is 17.6 Å². The molecule has 0 aliphatic heterocycles. The van der Waals surface area contributed by atoms with Crippen molar-refractivity contribution in [2.24, 2.45) is 5.10 Å². The molecule has 2 aromatic heterocycles. The molecule has 0 atom stereocenters. The molecule has 0 spiro atoms. The third-order valence-corrected chi connectivity index (χ3v) is 9.25. The molecule has 41 heavy (non-hydrogen) atoms. The molecule has 8 nitrogen and oxygen atoms in total. The number of thioether (sulfide) groups is 1. The molecule has 4 aromatic rings. The van der Waals surface area contributed by atoms with Crippen molar-refractivity contribution in [2.45, 2.75) is 51.6 Å². The van der Waals surface area contributed by atoms with Crippen LogP contribution in [0.5, 0.6) is 5.75 Å². The zero-order chi connectivity index (χ0) is 28.8. The van der Waals surface area contributed by atoms with Gasteiger partial charge in [0.25, 0.3) is 11.5 Å². The topological polar surface area (TPSA) is 88.8 Å². The summed E-state index contributed by atoms with van der Waals surface area (Å²) in [5.74, 6) is 0.530. The van der Waals surface area contributed by atoms with Gasteiger partial charge in [-0.1, -0.05) is 23.9 Å². The van der Waals surface area contributed by atoms with Gasteiger partial charge in [-0.05, 0) is 94.0 Å². The van der Waals surface area contributed by atoms with Crippen LogP contribution in [0.4, 0.5) is 5.69 Å². The van der Waals surface area contributed by atoms with Gasteiger partial charge in [-0.25, -0.2) is 10.4 Å². The van der Waals surface area contributed by atoms with Crippen molar-refractivity contribution in [3.8, 4) is 11.4 Å². The van der Waals surface area contributed by atoms with E-state index in [1.807, 2.05) is 43.3 Å². The lowest BCUT2D eigenvalue weighted by Crippen LogP contribution is -2.24. The second-order valence-corrected chi connectivity index (χ2v) is 11.7. The van der Waals surface area contributed by atoms with Gasteiger partial charge in [0.2, 0.25) is 0 Å². The normalized spacial score (nSPS) is 13.0. The average molecular weight is 590 g/mol. The predicted molar refractivity (Wildman–Crippen MR) is 169 cm³/mol. The van der Waals surface area contributed by atoms with Gasteiger partial charge in [0.15, 0.2) is 5.16 Å². The van der Waals surface area contributed by atoms with E-state index in [0.29, 0.717) is 22.8 Å². The Morgan fingerprint density at radius 1 is 1.10 bits per heavy atom. The van der Waals surface area contributed by atoms with E-state index in [1.165, 1.54) is 16.6 Å². The quantitative estimate of drug-likeness (QED) is 0.103. The highest BCUT2D eigenvalue weighted by Crippen LogP contribution is 2.35. The highest BCUT2D eigenvalue weighted by molar-refractivity contribution is 7.99. The lowest BCUT2D eigenvalue weighted by atomic mass is 9.97. The molecular weight excluding hydrogens is 555 g/mol. The largest absolute Gasteiger partial charge is 0.494 e. The smallest absolute Gasteiger partial charge is 0.267 e. The van der Waals surface area contributed by atoms with Gasteiger partial charge in [0.05, 0.1) is 29.6 Å². The number of ether oxygens (including phenoxy) is 1. The number of nitrogens with zero attached hydrogens (tertiary/aromatic N) is 4. The number of benzene rings is 2. The molecule has 1 amide bonds. The Kier molecular flexibility index (Phi) is 9.41. The SMILES string of the molecule is CCOc1ccc(-n2c(SCC(=O)NN=Cc3ccc(N(CC)CC)cc3)nc3sc4c(c3c2=O)CCCC4)cc1. The number of aromatic nitrogens is 2. The molecule has 1 N–H and O–H groups in total. The maximum atomic E-state index is 13.9. The van der Waals surface area contributed by atoms with Crippen LogP contribution >= 0.6 is 23.1 Å². The fourth-order valence-corrected chi connectivity index (χ4v) is 7.18. The molecule has 10 heteroatoms. The summed E-state index contributed by atoms with van der Waals surface area (Å²) >= 11 is 2.84.